The number of unbranched alkanes of at least 4 members (excludes halogenated alkanes) is 1. The highest BCUT2D eigenvalue weighted by Crippen LogP contribution is 2.28. The van der Waals surface area contributed by atoms with Gasteiger partial charge in [-0.3, -0.25) is 4.79 Å². The molecule has 11 atom stereocenters. The van der Waals surface area contributed by atoms with Crippen LogP contribution < -0.4 is 11.5 Å². The van der Waals surface area contributed by atoms with Crippen molar-refractivity contribution in [2.45, 2.75) is 86.7 Å². The van der Waals surface area contributed by atoms with Gasteiger partial charge in [0.25, 0.3) is 0 Å². The van der Waals surface area contributed by atoms with Gasteiger partial charge in [-0.15, -0.1) is 0 Å². The predicted octanol–water partition coefficient (Wildman–Crippen LogP) is -5.39. The lowest BCUT2D eigenvalue weighted by Crippen LogP contribution is -2.64. The Balaban J connectivity index is 1.99. The molecule has 2 saturated heterocycles. The topological polar surface area (TPSA) is 248 Å². The van der Waals surface area contributed by atoms with Crippen LogP contribution in [0.2, 0.25) is 0 Å². The highest BCUT2D eigenvalue weighted by atomic mass is 16.7. The molecule has 0 aromatic carbocycles. The molecule has 14 nitrogen and oxygen atoms in total. The second-order valence-electron chi connectivity index (χ2n) is 7.87. The molecule has 188 valence electrons. The van der Waals surface area contributed by atoms with Crippen molar-refractivity contribution in [1.29, 1.82) is 0 Å². The van der Waals surface area contributed by atoms with Crippen LogP contribution in [-0.4, -0.2) is 129 Å². The molecule has 0 aromatic heterocycles. The van der Waals surface area contributed by atoms with Crippen molar-refractivity contribution in [2.24, 2.45) is 11.5 Å². The Kier molecular flexibility index (Phi) is 10.6. The summed E-state index contributed by atoms with van der Waals surface area (Å²) in [4.78, 5) is 12.0. The summed E-state index contributed by atoms with van der Waals surface area (Å²) in [6.45, 7) is -0.787. The van der Waals surface area contributed by atoms with Gasteiger partial charge in [0.05, 0.1) is 6.61 Å². The van der Waals surface area contributed by atoms with Crippen molar-refractivity contribution in [3.63, 3.8) is 0 Å². The van der Waals surface area contributed by atoms with Crippen LogP contribution in [0.5, 0.6) is 0 Å². The molecule has 2 fully saturated rings. The number of esters is 1. The second kappa shape index (κ2) is 12.5. The van der Waals surface area contributed by atoms with Crippen LogP contribution in [0.3, 0.4) is 0 Å². The Labute approximate surface area is 184 Å². The highest BCUT2D eigenvalue weighted by Gasteiger charge is 2.50. The van der Waals surface area contributed by atoms with E-state index in [1.165, 1.54) is 0 Å². The van der Waals surface area contributed by atoms with E-state index in [2.05, 4.69) is 0 Å². The average molecular weight is 470 g/mol. The third-order valence-electron chi connectivity index (χ3n) is 5.46. The van der Waals surface area contributed by atoms with Gasteiger partial charge < -0.3 is 66.2 Å². The molecule has 0 amide bonds. The van der Waals surface area contributed by atoms with E-state index in [-0.39, 0.29) is 0 Å². The maximum Gasteiger partial charge on any atom is 0.323 e. The maximum absolute atomic E-state index is 12.0. The van der Waals surface area contributed by atoms with Crippen molar-refractivity contribution in [3.05, 3.63) is 0 Å². The molecule has 0 unspecified atom stereocenters. The molecule has 0 saturated carbocycles. The number of aliphatic hydroxyl groups is 7. The molecule has 0 aromatic rings. The number of hydrogen-bond acceptors (Lipinski definition) is 14. The minimum Gasteiger partial charge on any atom is -0.462 e. The van der Waals surface area contributed by atoms with Crippen LogP contribution in [-0.2, 0) is 23.7 Å². The van der Waals surface area contributed by atoms with E-state index in [9.17, 15) is 40.5 Å². The Hall–Kier alpha value is -1.01. The summed E-state index contributed by atoms with van der Waals surface area (Å²) in [5.74, 6) is -0.760. The molecule has 2 rings (SSSR count). The minimum atomic E-state index is -1.80. The summed E-state index contributed by atoms with van der Waals surface area (Å²) < 4.78 is 20.8. The normalized spacial score (nSPS) is 41.3. The van der Waals surface area contributed by atoms with Gasteiger partial charge in [-0.2, -0.15) is 0 Å². The largest absolute Gasteiger partial charge is 0.462 e. The van der Waals surface area contributed by atoms with E-state index in [0.717, 1.165) is 0 Å². The highest BCUT2D eigenvalue weighted by molar-refractivity contribution is 5.75. The molecule has 32 heavy (non-hydrogen) atoms. The van der Waals surface area contributed by atoms with Crippen molar-refractivity contribution in [3.8, 4) is 0 Å². The first-order valence-electron chi connectivity index (χ1n) is 10.4. The molecule has 2 aliphatic rings. The Morgan fingerprint density at radius 2 is 1.59 bits per heavy atom. The first-order chi connectivity index (χ1) is 15.1. The van der Waals surface area contributed by atoms with Gasteiger partial charge in [0.2, 0.25) is 0 Å². The van der Waals surface area contributed by atoms with Crippen LogP contribution in [0, 0.1) is 0 Å². The fraction of sp³-hybridized carbons (Fsp3) is 0.944. The summed E-state index contributed by atoms with van der Waals surface area (Å²) in [6.07, 6.45) is -14.7. The molecule has 2 heterocycles. The number of aliphatic hydroxyl groups excluding tert-OH is 7. The Morgan fingerprint density at radius 1 is 0.906 bits per heavy atom. The maximum atomic E-state index is 12.0. The smallest absolute Gasteiger partial charge is 0.323 e. The van der Waals surface area contributed by atoms with E-state index in [1.54, 1.807) is 0 Å². The fourth-order valence-electron chi connectivity index (χ4n) is 3.45. The summed E-state index contributed by atoms with van der Waals surface area (Å²) in [5.41, 5.74) is 11.1. The first-order valence-corrected chi connectivity index (χ1v) is 10.4. The molecule has 0 radical (unpaired) electrons. The summed E-state index contributed by atoms with van der Waals surface area (Å²) in [5, 5.41) is 69.5. The van der Waals surface area contributed by atoms with Gasteiger partial charge in [0, 0.05) is 0 Å². The number of ether oxygens (including phenoxy) is 4. The van der Waals surface area contributed by atoms with Gasteiger partial charge >= 0.3 is 5.97 Å². The first kappa shape index (κ1) is 27.2. The minimum absolute atomic E-state index is 0.341. The number of rotatable bonds is 10. The van der Waals surface area contributed by atoms with Crippen LogP contribution in [0.4, 0.5) is 0 Å². The quantitative estimate of drug-likeness (QED) is 0.107. The number of hydrogen-bond donors (Lipinski definition) is 9. The van der Waals surface area contributed by atoms with E-state index in [4.69, 9.17) is 30.4 Å². The Bertz CT molecular complexity index is 584. The van der Waals surface area contributed by atoms with Gasteiger partial charge in [-0.1, -0.05) is 6.42 Å². The lowest BCUT2D eigenvalue weighted by molar-refractivity contribution is -0.355. The van der Waals surface area contributed by atoms with Gasteiger partial charge in [-0.05, 0) is 19.4 Å². The lowest BCUT2D eigenvalue weighted by Gasteiger charge is -2.45. The second-order valence-corrected chi connectivity index (χ2v) is 7.87. The molecule has 14 heteroatoms. The molecule has 0 aliphatic carbocycles. The van der Waals surface area contributed by atoms with Gasteiger partial charge in [0.1, 0.15) is 61.5 Å². The zero-order valence-electron chi connectivity index (χ0n) is 17.4. The molecule has 0 spiro atoms. The summed E-state index contributed by atoms with van der Waals surface area (Å²) in [6, 6.07) is -0.919. The number of carbonyl (C=O) groups excluding carboxylic acids is 1. The molecule has 0 bridgehead atoms. The molecule has 11 N–H and O–H groups in total. The number of nitrogens with two attached hydrogens (primary N) is 2. The van der Waals surface area contributed by atoms with Crippen LogP contribution in [0.15, 0.2) is 0 Å². The van der Waals surface area contributed by atoms with E-state index in [0.29, 0.717) is 25.8 Å². The monoisotopic (exact) mass is 470 g/mol. The SMILES string of the molecule is NCCCC[C@H](N)C(=O)OC[C@H]1O[C@@H](O[C@H]2[C@H](O)[C@@H](O)[C@@H](O)O[C@@H]2CO)[C@H](O)[C@@H](O)[C@H]1O. The number of carbonyl (C=O) groups is 1. The molecular weight excluding hydrogens is 436 g/mol. The average Bonchev–Trinajstić information content (AvgIpc) is 2.78. The standard InChI is InChI=1S/C18H34N2O12/c19-4-2-1-3-7(20)16(27)29-6-9-10(22)11(23)14(26)18(31-9)32-15-8(5-21)30-17(28)13(25)12(15)24/h7-15,17-18,21-26,28H,1-6,19-20H2/t7-,8+,9+,10-,11-,12+,13+,14+,15+,17-,18-/m0/s1. The van der Waals surface area contributed by atoms with Gasteiger partial charge in [-0.25, -0.2) is 0 Å². The zero-order valence-corrected chi connectivity index (χ0v) is 17.4. The van der Waals surface area contributed by atoms with Crippen molar-refractivity contribution < 1.29 is 59.5 Å². The van der Waals surface area contributed by atoms with Crippen LogP contribution in [0.25, 0.3) is 0 Å². The fourth-order valence-corrected chi connectivity index (χ4v) is 3.45. The van der Waals surface area contributed by atoms with Crippen molar-refractivity contribution >= 4 is 5.97 Å². The Morgan fingerprint density at radius 3 is 2.22 bits per heavy atom. The molecule has 2 aliphatic heterocycles. The van der Waals surface area contributed by atoms with E-state index >= 15 is 0 Å². The van der Waals surface area contributed by atoms with E-state index < -0.39 is 86.6 Å². The van der Waals surface area contributed by atoms with Crippen molar-refractivity contribution in [2.75, 3.05) is 19.8 Å². The predicted molar refractivity (Wildman–Crippen MR) is 103 cm³/mol. The molecular formula is C18H34N2O12. The lowest BCUT2D eigenvalue weighted by atomic mass is 9.97. The zero-order chi connectivity index (χ0) is 24.0. The van der Waals surface area contributed by atoms with Crippen molar-refractivity contribution in [1.82, 2.24) is 0 Å². The van der Waals surface area contributed by atoms with Gasteiger partial charge in [0.15, 0.2) is 12.6 Å². The van der Waals surface area contributed by atoms with E-state index in [1.807, 2.05) is 0 Å². The van der Waals surface area contributed by atoms with Crippen LogP contribution >= 0.6 is 0 Å². The third kappa shape index (κ3) is 6.53. The summed E-state index contributed by atoms with van der Waals surface area (Å²) >= 11 is 0. The third-order valence-corrected chi connectivity index (χ3v) is 5.46. The summed E-state index contributed by atoms with van der Waals surface area (Å²) in [7, 11) is 0. The van der Waals surface area contributed by atoms with Crippen LogP contribution in [0.1, 0.15) is 19.3 Å².